The zero-order chi connectivity index (χ0) is 18.4. The Kier molecular flexibility index (Phi) is 5.85. The zero-order valence-corrected chi connectivity index (χ0v) is 15.3. The second-order valence-electron chi connectivity index (χ2n) is 6.90. The molecule has 3 aromatic carbocycles. The smallest absolute Gasteiger partial charge is 0.232 e. The van der Waals surface area contributed by atoms with Gasteiger partial charge in [0.15, 0.2) is 0 Å². The third kappa shape index (κ3) is 4.20. The van der Waals surface area contributed by atoms with Crippen LogP contribution in [0.4, 0.5) is 0 Å². The highest BCUT2D eigenvalue weighted by Crippen LogP contribution is 2.28. The normalized spacial score (nSPS) is 12.2. The third-order valence-corrected chi connectivity index (χ3v) is 4.65. The van der Waals surface area contributed by atoms with Gasteiger partial charge in [0.05, 0.1) is 12.0 Å². The molecule has 1 N–H and O–H groups in total. The highest BCUT2D eigenvalue weighted by atomic mass is 16.1. The highest BCUT2D eigenvalue weighted by Gasteiger charge is 2.26. The van der Waals surface area contributed by atoms with E-state index in [4.69, 9.17) is 0 Å². The highest BCUT2D eigenvalue weighted by molar-refractivity contribution is 5.87. The minimum Gasteiger partial charge on any atom is -0.348 e. The fraction of sp³-hybridized carbons (Fsp3) is 0.208. The molecule has 0 fully saturated rings. The summed E-state index contributed by atoms with van der Waals surface area (Å²) < 4.78 is 0. The Balaban J connectivity index is 1.93. The molecule has 0 saturated carbocycles. The van der Waals surface area contributed by atoms with Crippen LogP contribution in [0.5, 0.6) is 0 Å². The van der Waals surface area contributed by atoms with Gasteiger partial charge >= 0.3 is 0 Å². The number of carbonyl (C=O) groups is 1. The monoisotopic (exact) mass is 343 g/mol. The molecular formula is C24H25NO. The molecule has 0 radical (unpaired) electrons. The van der Waals surface area contributed by atoms with Crippen LogP contribution >= 0.6 is 0 Å². The summed E-state index contributed by atoms with van der Waals surface area (Å²) in [6.07, 6.45) is 0. The molecule has 1 atom stereocenters. The zero-order valence-electron chi connectivity index (χ0n) is 15.3. The SMILES string of the molecule is CC(C)[C@@H](NC(=O)C(c1ccccc1)c1ccccc1)c1ccccc1. The summed E-state index contributed by atoms with van der Waals surface area (Å²) in [6, 6.07) is 30.1. The Bertz CT molecular complexity index is 773. The molecule has 0 heterocycles. The van der Waals surface area contributed by atoms with E-state index in [1.165, 1.54) is 0 Å². The van der Waals surface area contributed by atoms with Gasteiger partial charge in [-0.05, 0) is 22.6 Å². The summed E-state index contributed by atoms with van der Waals surface area (Å²) in [4.78, 5) is 13.3. The van der Waals surface area contributed by atoms with Crippen molar-refractivity contribution in [1.82, 2.24) is 5.32 Å². The quantitative estimate of drug-likeness (QED) is 0.644. The molecule has 2 nitrogen and oxygen atoms in total. The van der Waals surface area contributed by atoms with Gasteiger partial charge in [-0.2, -0.15) is 0 Å². The van der Waals surface area contributed by atoms with Crippen molar-refractivity contribution in [2.24, 2.45) is 5.92 Å². The molecule has 0 aliphatic carbocycles. The van der Waals surface area contributed by atoms with E-state index < -0.39 is 0 Å². The maximum atomic E-state index is 13.3. The van der Waals surface area contributed by atoms with Crippen LogP contribution in [0.2, 0.25) is 0 Å². The van der Waals surface area contributed by atoms with E-state index >= 15 is 0 Å². The van der Waals surface area contributed by atoms with E-state index in [2.05, 4.69) is 31.3 Å². The maximum absolute atomic E-state index is 13.3. The predicted molar refractivity (Wildman–Crippen MR) is 107 cm³/mol. The van der Waals surface area contributed by atoms with Crippen molar-refractivity contribution in [2.45, 2.75) is 25.8 Å². The van der Waals surface area contributed by atoms with E-state index in [9.17, 15) is 4.79 Å². The fourth-order valence-electron chi connectivity index (χ4n) is 3.32. The van der Waals surface area contributed by atoms with Gasteiger partial charge in [-0.3, -0.25) is 4.79 Å². The van der Waals surface area contributed by atoms with Gasteiger partial charge in [-0.15, -0.1) is 0 Å². The second kappa shape index (κ2) is 8.48. The van der Waals surface area contributed by atoms with Crippen LogP contribution in [0.15, 0.2) is 91.0 Å². The minimum atomic E-state index is -0.317. The van der Waals surface area contributed by atoms with Crippen LogP contribution < -0.4 is 5.32 Å². The Morgan fingerprint density at radius 1 is 0.654 bits per heavy atom. The Morgan fingerprint density at radius 3 is 1.42 bits per heavy atom. The summed E-state index contributed by atoms with van der Waals surface area (Å²) in [5.74, 6) is 0.0147. The van der Waals surface area contributed by atoms with Crippen LogP contribution in [-0.2, 0) is 4.79 Å². The van der Waals surface area contributed by atoms with Crippen molar-refractivity contribution in [3.63, 3.8) is 0 Å². The van der Waals surface area contributed by atoms with E-state index in [0.717, 1.165) is 16.7 Å². The lowest BCUT2D eigenvalue weighted by Crippen LogP contribution is -2.35. The average Bonchev–Trinajstić information content (AvgIpc) is 2.68. The molecule has 1 amide bonds. The lowest BCUT2D eigenvalue weighted by atomic mass is 9.89. The maximum Gasteiger partial charge on any atom is 0.232 e. The van der Waals surface area contributed by atoms with Crippen LogP contribution in [0.25, 0.3) is 0 Å². The number of rotatable bonds is 6. The topological polar surface area (TPSA) is 29.1 Å². The summed E-state index contributed by atoms with van der Waals surface area (Å²) in [6.45, 7) is 4.27. The van der Waals surface area contributed by atoms with E-state index in [-0.39, 0.29) is 17.9 Å². The lowest BCUT2D eigenvalue weighted by molar-refractivity contribution is -0.122. The summed E-state index contributed by atoms with van der Waals surface area (Å²) >= 11 is 0. The molecule has 3 rings (SSSR count). The van der Waals surface area contributed by atoms with Gasteiger partial charge in [0, 0.05) is 0 Å². The minimum absolute atomic E-state index is 0.0152. The van der Waals surface area contributed by atoms with Gasteiger partial charge in [-0.25, -0.2) is 0 Å². The third-order valence-electron chi connectivity index (χ3n) is 4.65. The van der Waals surface area contributed by atoms with Crippen molar-refractivity contribution in [3.8, 4) is 0 Å². The van der Waals surface area contributed by atoms with Crippen LogP contribution in [0, 0.1) is 5.92 Å². The first-order valence-electron chi connectivity index (χ1n) is 9.12. The second-order valence-corrected chi connectivity index (χ2v) is 6.90. The summed E-state index contributed by atoms with van der Waals surface area (Å²) in [5.41, 5.74) is 3.15. The van der Waals surface area contributed by atoms with Crippen LogP contribution in [-0.4, -0.2) is 5.91 Å². The van der Waals surface area contributed by atoms with Crippen molar-refractivity contribution < 1.29 is 4.79 Å². The van der Waals surface area contributed by atoms with E-state index in [0.29, 0.717) is 5.92 Å². The Morgan fingerprint density at radius 2 is 1.04 bits per heavy atom. The number of amides is 1. The van der Waals surface area contributed by atoms with Gasteiger partial charge < -0.3 is 5.32 Å². The average molecular weight is 343 g/mol. The predicted octanol–water partition coefficient (Wildman–Crippen LogP) is 5.33. The first-order chi connectivity index (χ1) is 12.7. The molecule has 2 heteroatoms. The molecule has 0 unspecified atom stereocenters. The number of nitrogens with one attached hydrogen (secondary N) is 1. The number of carbonyl (C=O) groups excluding carboxylic acids is 1. The molecule has 0 aliphatic heterocycles. The number of benzene rings is 3. The van der Waals surface area contributed by atoms with Gasteiger partial charge in [0.25, 0.3) is 0 Å². The first-order valence-corrected chi connectivity index (χ1v) is 9.12. The van der Waals surface area contributed by atoms with Gasteiger partial charge in [-0.1, -0.05) is 105 Å². The molecule has 0 aromatic heterocycles. The van der Waals surface area contributed by atoms with Crippen LogP contribution in [0.3, 0.4) is 0 Å². The van der Waals surface area contributed by atoms with Crippen molar-refractivity contribution in [2.75, 3.05) is 0 Å². The lowest BCUT2D eigenvalue weighted by Gasteiger charge is -2.26. The van der Waals surface area contributed by atoms with E-state index in [1.807, 2.05) is 78.9 Å². The summed E-state index contributed by atoms with van der Waals surface area (Å²) in [7, 11) is 0. The molecule has 0 aliphatic rings. The van der Waals surface area contributed by atoms with Crippen molar-refractivity contribution in [3.05, 3.63) is 108 Å². The van der Waals surface area contributed by atoms with E-state index in [1.54, 1.807) is 0 Å². The first kappa shape index (κ1) is 17.9. The standard InChI is InChI=1S/C24H25NO/c1-18(2)23(21-16-10-5-11-17-21)25-24(26)22(19-12-6-3-7-13-19)20-14-8-4-9-15-20/h3-18,22-23H,1-2H3,(H,25,26)/t23-/m1/s1. The molecule has 0 saturated heterocycles. The number of hydrogen-bond acceptors (Lipinski definition) is 1. The van der Waals surface area contributed by atoms with Crippen molar-refractivity contribution in [1.29, 1.82) is 0 Å². The largest absolute Gasteiger partial charge is 0.348 e. The molecular weight excluding hydrogens is 318 g/mol. The summed E-state index contributed by atoms with van der Waals surface area (Å²) in [5, 5.41) is 3.29. The molecule has 0 bridgehead atoms. The molecule has 26 heavy (non-hydrogen) atoms. The fourth-order valence-corrected chi connectivity index (χ4v) is 3.32. The number of hydrogen-bond donors (Lipinski definition) is 1. The van der Waals surface area contributed by atoms with Crippen LogP contribution in [0.1, 0.15) is 42.5 Å². The Labute approximate surface area is 155 Å². The molecule has 0 spiro atoms. The van der Waals surface area contributed by atoms with Gasteiger partial charge in [0.2, 0.25) is 5.91 Å². The van der Waals surface area contributed by atoms with Gasteiger partial charge in [0.1, 0.15) is 0 Å². The Hall–Kier alpha value is -2.87. The van der Waals surface area contributed by atoms with Crippen molar-refractivity contribution >= 4 is 5.91 Å². The molecule has 3 aromatic rings. The molecule has 132 valence electrons.